The average Bonchev–Trinajstić information content (AvgIpc) is 2.26. The number of anilines is 1. The van der Waals surface area contributed by atoms with Gasteiger partial charge in [0, 0.05) is 5.69 Å². The molecule has 1 unspecified atom stereocenters. The normalized spacial score (nSPS) is 12.5. The van der Waals surface area contributed by atoms with E-state index in [2.05, 4.69) is 0 Å². The van der Waals surface area contributed by atoms with Gasteiger partial charge in [0.25, 0.3) is 0 Å². The predicted octanol–water partition coefficient (Wildman–Crippen LogP) is 1.72. The first-order valence-electron chi connectivity index (χ1n) is 5.27. The summed E-state index contributed by atoms with van der Waals surface area (Å²) >= 11 is 0. The maximum Gasteiger partial charge on any atom is 0.339 e. The number of carbonyl (C=O) groups is 1. The van der Waals surface area contributed by atoms with E-state index in [0.717, 1.165) is 6.42 Å². The molecule has 1 aromatic carbocycles. The van der Waals surface area contributed by atoms with E-state index < -0.39 is 0 Å². The molecule has 0 aliphatic carbocycles. The predicted molar refractivity (Wildman–Crippen MR) is 64.0 cm³/mol. The number of hydrogen-bond donors (Lipinski definition) is 1. The Bertz CT molecular complexity index is 347. The highest BCUT2D eigenvalue weighted by molar-refractivity contribution is 5.89. The molecule has 1 atom stereocenters. The summed E-state index contributed by atoms with van der Waals surface area (Å²) in [4.78, 5) is 13.6. The maximum atomic E-state index is 11.7. The molecule has 2 N–H and O–H groups in total. The minimum Gasteiger partial charge on any atom is -0.443 e. The Morgan fingerprint density at radius 2 is 1.94 bits per heavy atom. The Morgan fingerprint density at radius 1 is 1.38 bits per heavy atom. The lowest BCUT2D eigenvalue weighted by Crippen LogP contribution is -2.32. The van der Waals surface area contributed by atoms with Gasteiger partial charge in [-0.05, 0) is 44.8 Å². The van der Waals surface area contributed by atoms with Gasteiger partial charge < -0.3 is 10.5 Å². The van der Waals surface area contributed by atoms with Crippen LogP contribution in [0.2, 0.25) is 0 Å². The molecule has 88 valence electrons. The third-order valence-corrected chi connectivity index (χ3v) is 2.31. The number of ether oxygens (including phenoxy) is 1. The quantitative estimate of drug-likeness (QED) is 0.479. The molecule has 0 heterocycles. The second kappa shape index (κ2) is 5.51. The number of hydrogen-bond acceptors (Lipinski definition) is 4. The lowest BCUT2D eigenvalue weighted by molar-refractivity contribution is -0.0156. The van der Waals surface area contributed by atoms with Crippen LogP contribution in [-0.2, 0) is 4.74 Å². The minimum atomic E-state index is -0.319. The zero-order valence-corrected chi connectivity index (χ0v) is 9.93. The molecule has 4 heteroatoms. The van der Waals surface area contributed by atoms with E-state index in [4.69, 9.17) is 10.5 Å². The topological polar surface area (TPSA) is 55.6 Å². The number of nitrogens with two attached hydrogens (primary N) is 1. The number of nitrogen functional groups attached to an aromatic ring is 1. The third-order valence-electron chi connectivity index (χ3n) is 2.31. The highest BCUT2D eigenvalue weighted by Gasteiger charge is 2.15. The van der Waals surface area contributed by atoms with E-state index in [1.54, 1.807) is 24.3 Å². The molecule has 1 aromatic rings. The van der Waals surface area contributed by atoms with Crippen LogP contribution in [0.3, 0.4) is 0 Å². The highest BCUT2D eigenvalue weighted by Crippen LogP contribution is 2.10. The van der Waals surface area contributed by atoms with Crippen LogP contribution in [0.5, 0.6) is 0 Å². The number of nitrogens with zero attached hydrogens (tertiary/aromatic N) is 1. The summed E-state index contributed by atoms with van der Waals surface area (Å²) in [6.45, 7) is 1.97. The van der Waals surface area contributed by atoms with E-state index in [-0.39, 0.29) is 12.2 Å². The summed E-state index contributed by atoms with van der Waals surface area (Å²) < 4.78 is 5.33. The summed E-state index contributed by atoms with van der Waals surface area (Å²) in [5.74, 6) is -0.319. The zero-order chi connectivity index (χ0) is 12.1. The first kappa shape index (κ1) is 12.5. The van der Waals surface area contributed by atoms with Crippen molar-refractivity contribution in [2.45, 2.75) is 19.6 Å². The van der Waals surface area contributed by atoms with Crippen LogP contribution in [0.15, 0.2) is 24.3 Å². The summed E-state index contributed by atoms with van der Waals surface area (Å²) in [6, 6.07) is 6.71. The fraction of sp³-hybridized carbons (Fsp3) is 0.417. The van der Waals surface area contributed by atoms with E-state index in [9.17, 15) is 4.79 Å². The average molecular weight is 222 g/mol. The van der Waals surface area contributed by atoms with Gasteiger partial charge in [0.05, 0.1) is 5.56 Å². The van der Waals surface area contributed by atoms with Crippen molar-refractivity contribution in [3.63, 3.8) is 0 Å². The summed E-state index contributed by atoms with van der Waals surface area (Å²) in [7, 11) is 3.76. The van der Waals surface area contributed by atoms with Gasteiger partial charge in [0.15, 0.2) is 6.23 Å². The second-order valence-corrected chi connectivity index (χ2v) is 3.85. The summed E-state index contributed by atoms with van der Waals surface area (Å²) in [6.07, 6.45) is 0.568. The van der Waals surface area contributed by atoms with Crippen molar-refractivity contribution < 1.29 is 9.53 Å². The molecule has 0 radical (unpaired) electrons. The van der Waals surface area contributed by atoms with Crippen LogP contribution in [0, 0.1) is 0 Å². The summed E-state index contributed by atoms with van der Waals surface area (Å²) in [5.41, 5.74) is 6.70. The third kappa shape index (κ3) is 3.24. The molecule has 0 amide bonds. The lowest BCUT2D eigenvalue weighted by atomic mass is 10.2. The molecule has 0 aliphatic heterocycles. The Labute approximate surface area is 96.0 Å². The Kier molecular flexibility index (Phi) is 4.31. The SMILES string of the molecule is CCC(OC(=O)c1ccc(N)cc1)N(C)C. The van der Waals surface area contributed by atoms with Gasteiger partial charge >= 0.3 is 5.97 Å². The van der Waals surface area contributed by atoms with Crippen molar-refractivity contribution in [1.82, 2.24) is 4.90 Å². The summed E-state index contributed by atoms with van der Waals surface area (Å²) in [5, 5.41) is 0. The number of benzene rings is 1. The lowest BCUT2D eigenvalue weighted by Gasteiger charge is -2.22. The number of esters is 1. The van der Waals surface area contributed by atoms with Gasteiger partial charge in [-0.3, -0.25) is 4.90 Å². The first-order chi connectivity index (χ1) is 7.54. The molecular formula is C12H18N2O2. The van der Waals surface area contributed by atoms with Gasteiger partial charge in [0.2, 0.25) is 0 Å². The Morgan fingerprint density at radius 3 is 2.38 bits per heavy atom. The molecule has 4 nitrogen and oxygen atoms in total. The van der Waals surface area contributed by atoms with Crippen LogP contribution < -0.4 is 5.73 Å². The number of rotatable bonds is 4. The van der Waals surface area contributed by atoms with Gasteiger partial charge in [-0.15, -0.1) is 0 Å². The van der Waals surface area contributed by atoms with E-state index in [1.165, 1.54) is 0 Å². The number of carbonyl (C=O) groups excluding carboxylic acids is 1. The molecule has 0 bridgehead atoms. The standard InChI is InChI=1S/C12H18N2O2/c1-4-11(14(2)3)16-12(15)9-5-7-10(13)8-6-9/h5-8,11H,4,13H2,1-3H3. The monoisotopic (exact) mass is 222 g/mol. The molecule has 16 heavy (non-hydrogen) atoms. The molecule has 0 saturated carbocycles. The van der Waals surface area contributed by atoms with Crippen LogP contribution >= 0.6 is 0 Å². The fourth-order valence-corrected chi connectivity index (χ4v) is 1.36. The van der Waals surface area contributed by atoms with Gasteiger partial charge in [-0.1, -0.05) is 6.92 Å². The van der Waals surface area contributed by atoms with E-state index >= 15 is 0 Å². The molecule has 1 rings (SSSR count). The van der Waals surface area contributed by atoms with Gasteiger partial charge in [-0.2, -0.15) is 0 Å². The fourth-order valence-electron chi connectivity index (χ4n) is 1.36. The molecule has 0 fully saturated rings. The molecule has 0 spiro atoms. The zero-order valence-electron chi connectivity index (χ0n) is 9.93. The Hall–Kier alpha value is -1.55. The van der Waals surface area contributed by atoms with Crippen LogP contribution in [0.25, 0.3) is 0 Å². The van der Waals surface area contributed by atoms with Crippen LogP contribution in [0.4, 0.5) is 5.69 Å². The van der Waals surface area contributed by atoms with Gasteiger partial charge in [-0.25, -0.2) is 4.79 Å². The van der Waals surface area contributed by atoms with Crippen molar-refractivity contribution >= 4 is 11.7 Å². The van der Waals surface area contributed by atoms with Crippen molar-refractivity contribution in [3.05, 3.63) is 29.8 Å². The molecule has 0 aliphatic rings. The largest absolute Gasteiger partial charge is 0.443 e. The smallest absolute Gasteiger partial charge is 0.339 e. The minimum absolute atomic E-state index is 0.190. The van der Waals surface area contributed by atoms with Crippen molar-refractivity contribution in [2.24, 2.45) is 0 Å². The molecular weight excluding hydrogens is 204 g/mol. The van der Waals surface area contributed by atoms with E-state index in [1.807, 2.05) is 25.9 Å². The molecule has 0 aromatic heterocycles. The van der Waals surface area contributed by atoms with Crippen LogP contribution in [-0.4, -0.2) is 31.2 Å². The van der Waals surface area contributed by atoms with Crippen LogP contribution in [0.1, 0.15) is 23.7 Å². The van der Waals surface area contributed by atoms with Gasteiger partial charge in [0.1, 0.15) is 0 Å². The van der Waals surface area contributed by atoms with Crippen molar-refractivity contribution in [3.8, 4) is 0 Å². The van der Waals surface area contributed by atoms with Crippen molar-refractivity contribution in [2.75, 3.05) is 19.8 Å². The highest BCUT2D eigenvalue weighted by atomic mass is 16.6. The Balaban J connectivity index is 2.68. The molecule has 0 saturated heterocycles. The maximum absolute atomic E-state index is 11.7. The van der Waals surface area contributed by atoms with Crippen molar-refractivity contribution in [1.29, 1.82) is 0 Å². The second-order valence-electron chi connectivity index (χ2n) is 3.85. The first-order valence-corrected chi connectivity index (χ1v) is 5.27. The van der Waals surface area contributed by atoms with E-state index in [0.29, 0.717) is 11.3 Å².